The number of carbonyl (C=O) groups is 2. The molecule has 6 rings (SSSR count). The molecule has 2 fully saturated rings. The fourth-order valence-corrected chi connectivity index (χ4v) is 5.13. The number of para-hydroxylation sites is 1. The lowest BCUT2D eigenvalue weighted by molar-refractivity contribution is -0.136. The summed E-state index contributed by atoms with van der Waals surface area (Å²) in [6, 6.07) is 16.4. The van der Waals surface area contributed by atoms with E-state index < -0.39 is 42.8 Å². The molecule has 3 N–H and O–H groups in total. The van der Waals surface area contributed by atoms with Gasteiger partial charge in [0.05, 0.1) is 12.7 Å². The van der Waals surface area contributed by atoms with Crippen molar-refractivity contribution < 1.29 is 33.6 Å². The van der Waals surface area contributed by atoms with Gasteiger partial charge in [-0.2, -0.15) is 0 Å². The van der Waals surface area contributed by atoms with Crippen LogP contribution in [0.1, 0.15) is 24.3 Å². The summed E-state index contributed by atoms with van der Waals surface area (Å²) in [5.74, 6) is -0.245. The van der Waals surface area contributed by atoms with Crippen LogP contribution in [-0.4, -0.2) is 74.4 Å². The zero-order valence-electron chi connectivity index (χ0n) is 23.2. The molecule has 4 heterocycles. The van der Waals surface area contributed by atoms with Crippen molar-refractivity contribution in [2.75, 3.05) is 18.5 Å². The van der Waals surface area contributed by atoms with Gasteiger partial charge in [-0.3, -0.25) is 14.7 Å². The molecule has 2 saturated heterocycles. The summed E-state index contributed by atoms with van der Waals surface area (Å²) in [6.07, 6.45) is 3.50. The molecule has 2 amide bonds. The average Bonchev–Trinajstić information content (AvgIpc) is 3.70. The maximum absolute atomic E-state index is 12.2. The molecule has 0 bridgehead atoms. The fourth-order valence-electron chi connectivity index (χ4n) is 5.13. The Morgan fingerprint density at radius 3 is 2.63 bits per heavy atom. The third kappa shape index (κ3) is 6.18. The number of aromatic nitrogens is 4. The first kappa shape index (κ1) is 28.3. The first-order valence-electron chi connectivity index (χ1n) is 13.8. The monoisotopic (exact) mass is 586 g/mol. The van der Waals surface area contributed by atoms with Crippen LogP contribution in [0.2, 0.25) is 0 Å². The fraction of sp³-hybridized carbons (Fsp3) is 0.300. The minimum atomic E-state index is -0.955. The number of carboxylic acid groups (broad SMARTS) is 1. The third-order valence-electron chi connectivity index (χ3n) is 7.03. The van der Waals surface area contributed by atoms with E-state index in [0.717, 1.165) is 5.56 Å². The van der Waals surface area contributed by atoms with Gasteiger partial charge in [0.15, 0.2) is 29.5 Å². The van der Waals surface area contributed by atoms with Crippen LogP contribution in [-0.2, 0) is 25.4 Å². The second-order valence-electron chi connectivity index (χ2n) is 9.92. The van der Waals surface area contributed by atoms with E-state index in [1.165, 1.54) is 6.33 Å². The summed E-state index contributed by atoms with van der Waals surface area (Å²) < 4.78 is 26.9. The number of ether oxygens (including phenoxy) is 4. The van der Waals surface area contributed by atoms with Gasteiger partial charge in [-0.15, -0.1) is 0 Å². The average molecular weight is 587 g/mol. The van der Waals surface area contributed by atoms with Crippen LogP contribution in [0, 0.1) is 0 Å². The number of nitrogens with one attached hydrogen (secondary N) is 2. The van der Waals surface area contributed by atoms with Gasteiger partial charge < -0.3 is 29.4 Å². The van der Waals surface area contributed by atoms with Gasteiger partial charge in [0.25, 0.3) is 0 Å². The van der Waals surface area contributed by atoms with Crippen molar-refractivity contribution in [3.05, 3.63) is 84.5 Å². The van der Waals surface area contributed by atoms with Crippen molar-refractivity contribution in [3.8, 4) is 5.75 Å². The number of fused-ring (bicyclic) bond motifs is 2. The second-order valence-corrected chi connectivity index (χ2v) is 9.92. The summed E-state index contributed by atoms with van der Waals surface area (Å²) in [5.41, 5.74) is 2.37. The molecule has 2 aliphatic heterocycles. The number of urea groups is 1. The third-order valence-corrected chi connectivity index (χ3v) is 7.03. The van der Waals surface area contributed by atoms with Gasteiger partial charge in [-0.1, -0.05) is 54.6 Å². The molecule has 13 heteroatoms. The molecule has 0 aliphatic carbocycles. The largest absolute Gasteiger partial charge is 0.490 e. The number of rotatable bonds is 10. The molecule has 2 aliphatic rings. The molecule has 13 nitrogen and oxygen atoms in total. The zero-order valence-corrected chi connectivity index (χ0v) is 23.2. The highest BCUT2D eigenvalue weighted by Gasteiger charge is 2.53. The van der Waals surface area contributed by atoms with Crippen molar-refractivity contribution in [3.63, 3.8) is 0 Å². The van der Waals surface area contributed by atoms with E-state index in [-0.39, 0.29) is 18.8 Å². The molecule has 43 heavy (non-hydrogen) atoms. The van der Waals surface area contributed by atoms with Crippen molar-refractivity contribution in [2.45, 2.75) is 44.2 Å². The van der Waals surface area contributed by atoms with Gasteiger partial charge in [-0.25, -0.2) is 19.7 Å². The van der Waals surface area contributed by atoms with E-state index in [2.05, 4.69) is 25.6 Å². The highest BCUT2D eigenvalue weighted by Crippen LogP contribution is 2.41. The maximum Gasteiger partial charge on any atom is 0.320 e. The van der Waals surface area contributed by atoms with Crippen LogP contribution in [0.3, 0.4) is 0 Å². The minimum absolute atomic E-state index is 0.0817. The Hall–Kier alpha value is -4.85. The van der Waals surface area contributed by atoms with Gasteiger partial charge in [0.2, 0.25) is 0 Å². The molecule has 2 aromatic carbocycles. The van der Waals surface area contributed by atoms with E-state index >= 15 is 0 Å². The Morgan fingerprint density at radius 2 is 1.81 bits per heavy atom. The molecule has 0 saturated carbocycles. The molecular weight excluding hydrogens is 556 g/mol. The Bertz CT molecular complexity index is 1630. The Balaban J connectivity index is 1.27. The molecule has 0 radical (unpaired) electrons. The Labute approximate surface area is 246 Å². The predicted molar refractivity (Wildman–Crippen MR) is 154 cm³/mol. The SMILES string of the molecule is CCNC(=O)Nc1ncnc2c1ncn2C1OC(COc2ccccc2CC(=O)O)C2O[C@H](/C=C/c3ccccc3)OC21. The number of hydrogen-bond acceptors (Lipinski definition) is 9. The van der Waals surface area contributed by atoms with E-state index in [1.807, 2.05) is 49.4 Å². The number of hydrogen-bond donors (Lipinski definition) is 3. The number of carboxylic acids is 1. The first-order valence-corrected chi connectivity index (χ1v) is 13.8. The standard InChI is InChI=1S/C30H30N6O7/c1-2-31-30(39)35-27-24-28(33-16-32-27)36(17-34-24)29-26-25(42-23(43-26)13-12-18-8-4-3-5-9-18)21(41-29)15-40-20-11-7-6-10-19(20)14-22(37)38/h3-13,16-17,21,23,25-26,29H,2,14-15H2,1H3,(H,37,38)(H2,31,32,33,35,39)/b13-12+/t21?,23-,25?,26?,29?/m0/s1. The summed E-state index contributed by atoms with van der Waals surface area (Å²) in [4.78, 5) is 36.6. The topological polar surface area (TPSA) is 159 Å². The number of nitrogens with zero attached hydrogens (tertiary/aromatic N) is 4. The van der Waals surface area contributed by atoms with Gasteiger partial charge in [0.1, 0.15) is 37.0 Å². The van der Waals surface area contributed by atoms with E-state index in [0.29, 0.717) is 29.0 Å². The molecular formula is C30H30N6O7. The van der Waals surface area contributed by atoms with Gasteiger partial charge in [-0.05, 0) is 24.6 Å². The first-order chi connectivity index (χ1) is 21.0. The van der Waals surface area contributed by atoms with Crippen molar-refractivity contribution in [2.24, 2.45) is 0 Å². The highest BCUT2D eigenvalue weighted by molar-refractivity contribution is 5.95. The van der Waals surface area contributed by atoms with E-state index in [9.17, 15) is 14.7 Å². The molecule has 2 aromatic heterocycles. The highest BCUT2D eigenvalue weighted by atomic mass is 16.8. The maximum atomic E-state index is 12.2. The number of amides is 2. The molecule has 0 spiro atoms. The van der Waals surface area contributed by atoms with Crippen LogP contribution < -0.4 is 15.4 Å². The van der Waals surface area contributed by atoms with Crippen LogP contribution in [0.15, 0.2) is 73.3 Å². The van der Waals surface area contributed by atoms with E-state index in [1.54, 1.807) is 35.2 Å². The summed E-state index contributed by atoms with van der Waals surface area (Å²) in [5, 5.41) is 14.7. The predicted octanol–water partition coefficient (Wildman–Crippen LogP) is 3.39. The Kier molecular flexibility index (Phi) is 8.27. The smallest absolute Gasteiger partial charge is 0.320 e. The molecule has 222 valence electrons. The van der Waals surface area contributed by atoms with Crippen LogP contribution in [0.5, 0.6) is 5.75 Å². The lowest BCUT2D eigenvalue weighted by atomic mass is 10.1. The van der Waals surface area contributed by atoms with Crippen molar-refractivity contribution in [1.29, 1.82) is 0 Å². The molecule has 4 unspecified atom stereocenters. The Morgan fingerprint density at radius 1 is 1.02 bits per heavy atom. The quantitative estimate of drug-likeness (QED) is 0.251. The number of imidazole rings is 1. The van der Waals surface area contributed by atoms with Crippen molar-refractivity contribution in [1.82, 2.24) is 24.8 Å². The minimum Gasteiger partial charge on any atom is -0.490 e. The van der Waals surface area contributed by atoms with Crippen molar-refractivity contribution >= 4 is 35.1 Å². The van der Waals surface area contributed by atoms with Crippen LogP contribution >= 0.6 is 0 Å². The number of anilines is 1. The lowest BCUT2D eigenvalue weighted by Gasteiger charge is -2.21. The van der Waals surface area contributed by atoms with E-state index in [4.69, 9.17) is 18.9 Å². The van der Waals surface area contributed by atoms with Crippen LogP contribution in [0.4, 0.5) is 10.6 Å². The van der Waals surface area contributed by atoms with Crippen LogP contribution in [0.25, 0.3) is 17.2 Å². The second kappa shape index (κ2) is 12.6. The molecule has 4 aromatic rings. The normalized spacial score (nSPS) is 23.0. The molecule has 5 atom stereocenters. The van der Waals surface area contributed by atoms with Gasteiger partial charge >= 0.3 is 12.0 Å². The lowest BCUT2D eigenvalue weighted by Crippen LogP contribution is -2.33. The summed E-state index contributed by atoms with van der Waals surface area (Å²) >= 11 is 0. The zero-order chi connectivity index (χ0) is 29.8. The van der Waals surface area contributed by atoms with Gasteiger partial charge in [0, 0.05) is 12.1 Å². The summed E-state index contributed by atoms with van der Waals surface area (Å²) in [7, 11) is 0. The summed E-state index contributed by atoms with van der Waals surface area (Å²) in [6.45, 7) is 2.35. The number of carbonyl (C=O) groups excluding carboxylic acids is 1. The number of aliphatic carboxylic acids is 1. The number of benzene rings is 2.